The molecule has 0 unspecified atom stereocenters. The molecule has 0 saturated heterocycles. The Hall–Kier alpha value is -2.24. The Morgan fingerprint density at radius 2 is 2.05 bits per heavy atom. The molecule has 0 aliphatic heterocycles. The molecule has 1 saturated carbocycles. The van der Waals surface area contributed by atoms with Crippen LogP contribution in [-0.4, -0.2) is 28.8 Å². The lowest BCUT2D eigenvalue weighted by Gasteiger charge is -2.10. The summed E-state index contributed by atoms with van der Waals surface area (Å²) in [5, 5.41) is 23.4. The van der Waals surface area contributed by atoms with Crippen LogP contribution in [0, 0.1) is 5.92 Å². The molecule has 0 radical (unpaired) electrons. The van der Waals surface area contributed by atoms with Gasteiger partial charge in [0, 0.05) is 6.54 Å². The highest BCUT2D eigenvalue weighted by Crippen LogP contribution is 2.33. The van der Waals surface area contributed by atoms with Gasteiger partial charge in [0.2, 0.25) is 0 Å². The third-order valence-corrected chi connectivity index (χ3v) is 3.25. The van der Waals surface area contributed by atoms with E-state index in [-0.39, 0.29) is 17.0 Å². The van der Waals surface area contributed by atoms with Crippen molar-refractivity contribution in [1.29, 1.82) is 0 Å². The standard InChI is InChI=1S/C14H18N2O4/c17-10-5-6-12(11(8-10)13(18)19)16-14(20)15-7-1-2-9-3-4-9/h5-6,8-9,17H,1-4,7H2,(H,18,19)(H2,15,16,20). The van der Waals surface area contributed by atoms with Gasteiger partial charge in [-0.15, -0.1) is 0 Å². The summed E-state index contributed by atoms with van der Waals surface area (Å²) in [6.45, 7) is 0.572. The van der Waals surface area contributed by atoms with Crippen molar-refractivity contribution in [3.8, 4) is 5.75 Å². The summed E-state index contributed by atoms with van der Waals surface area (Å²) < 4.78 is 0. The van der Waals surface area contributed by atoms with E-state index in [0.717, 1.165) is 24.8 Å². The quantitative estimate of drug-likeness (QED) is 0.474. The Balaban J connectivity index is 1.84. The number of hydrogen-bond acceptors (Lipinski definition) is 3. The molecule has 0 heterocycles. The molecule has 0 bridgehead atoms. The molecule has 1 aromatic rings. The van der Waals surface area contributed by atoms with Crippen molar-refractivity contribution >= 4 is 17.7 Å². The fraction of sp³-hybridized carbons (Fsp3) is 0.429. The number of anilines is 1. The number of carbonyl (C=O) groups is 2. The largest absolute Gasteiger partial charge is 0.508 e. The van der Waals surface area contributed by atoms with Crippen LogP contribution in [0.4, 0.5) is 10.5 Å². The third-order valence-electron chi connectivity index (χ3n) is 3.25. The first-order valence-corrected chi connectivity index (χ1v) is 6.67. The van der Waals surface area contributed by atoms with E-state index < -0.39 is 12.0 Å². The van der Waals surface area contributed by atoms with Gasteiger partial charge in [0.25, 0.3) is 0 Å². The van der Waals surface area contributed by atoms with Gasteiger partial charge in [0.15, 0.2) is 0 Å². The fourth-order valence-electron chi connectivity index (χ4n) is 1.98. The maximum atomic E-state index is 11.7. The number of benzene rings is 1. The average Bonchev–Trinajstić information content (AvgIpc) is 3.21. The highest BCUT2D eigenvalue weighted by Gasteiger charge is 2.20. The predicted molar refractivity (Wildman–Crippen MR) is 74.0 cm³/mol. The lowest BCUT2D eigenvalue weighted by atomic mass is 10.1. The van der Waals surface area contributed by atoms with Gasteiger partial charge in [-0.1, -0.05) is 12.8 Å². The lowest BCUT2D eigenvalue weighted by Crippen LogP contribution is -2.30. The highest BCUT2D eigenvalue weighted by atomic mass is 16.4. The van der Waals surface area contributed by atoms with E-state index in [0.29, 0.717) is 6.54 Å². The van der Waals surface area contributed by atoms with Crippen molar-refractivity contribution in [2.45, 2.75) is 25.7 Å². The van der Waals surface area contributed by atoms with Crippen molar-refractivity contribution in [2.75, 3.05) is 11.9 Å². The number of hydrogen-bond donors (Lipinski definition) is 4. The van der Waals surface area contributed by atoms with Crippen LogP contribution in [0.3, 0.4) is 0 Å². The summed E-state index contributed by atoms with van der Waals surface area (Å²) in [5.74, 6) is -0.529. The summed E-state index contributed by atoms with van der Waals surface area (Å²) in [4.78, 5) is 22.7. The Labute approximate surface area is 116 Å². The predicted octanol–water partition coefficient (Wildman–Crippen LogP) is 2.40. The normalized spacial score (nSPS) is 13.8. The van der Waals surface area contributed by atoms with Gasteiger partial charge < -0.3 is 20.8 Å². The van der Waals surface area contributed by atoms with E-state index in [4.69, 9.17) is 5.11 Å². The molecule has 6 heteroatoms. The molecule has 4 N–H and O–H groups in total. The number of aromatic hydroxyl groups is 1. The molecule has 6 nitrogen and oxygen atoms in total. The molecule has 2 rings (SSSR count). The van der Waals surface area contributed by atoms with Crippen molar-refractivity contribution in [3.63, 3.8) is 0 Å². The summed E-state index contributed by atoms with van der Waals surface area (Å²) in [5.41, 5.74) is 0.0214. The number of nitrogens with one attached hydrogen (secondary N) is 2. The van der Waals surface area contributed by atoms with Gasteiger partial charge in [-0.3, -0.25) is 0 Å². The van der Waals surface area contributed by atoms with Crippen LogP contribution in [0.1, 0.15) is 36.0 Å². The van der Waals surface area contributed by atoms with Crippen molar-refractivity contribution in [2.24, 2.45) is 5.92 Å². The van der Waals surface area contributed by atoms with E-state index in [9.17, 15) is 14.7 Å². The van der Waals surface area contributed by atoms with Crippen LogP contribution in [-0.2, 0) is 0 Å². The minimum Gasteiger partial charge on any atom is -0.508 e. The second-order valence-corrected chi connectivity index (χ2v) is 5.00. The van der Waals surface area contributed by atoms with E-state index in [1.807, 2.05) is 0 Å². The minimum absolute atomic E-state index is 0.141. The SMILES string of the molecule is O=C(NCCCC1CC1)Nc1ccc(O)cc1C(=O)O. The fourth-order valence-corrected chi connectivity index (χ4v) is 1.98. The number of carbonyl (C=O) groups excluding carboxylic acids is 1. The molecular weight excluding hydrogens is 260 g/mol. The number of carboxylic acid groups (broad SMARTS) is 1. The molecule has 20 heavy (non-hydrogen) atoms. The minimum atomic E-state index is -1.20. The second kappa shape index (κ2) is 6.27. The maximum Gasteiger partial charge on any atom is 0.337 e. The molecule has 0 atom stereocenters. The number of aromatic carboxylic acids is 1. The zero-order chi connectivity index (χ0) is 14.5. The van der Waals surface area contributed by atoms with E-state index in [2.05, 4.69) is 10.6 Å². The third kappa shape index (κ3) is 4.15. The molecular formula is C14H18N2O4. The van der Waals surface area contributed by atoms with Crippen LogP contribution in [0.15, 0.2) is 18.2 Å². The molecule has 0 spiro atoms. The van der Waals surface area contributed by atoms with E-state index in [1.54, 1.807) is 0 Å². The molecule has 0 aromatic heterocycles. The Morgan fingerprint density at radius 3 is 2.70 bits per heavy atom. The second-order valence-electron chi connectivity index (χ2n) is 5.00. The first-order chi connectivity index (χ1) is 9.56. The first kappa shape index (κ1) is 14.2. The van der Waals surface area contributed by atoms with Gasteiger partial charge in [-0.25, -0.2) is 9.59 Å². The maximum absolute atomic E-state index is 11.7. The molecule has 1 aromatic carbocycles. The van der Waals surface area contributed by atoms with E-state index >= 15 is 0 Å². The lowest BCUT2D eigenvalue weighted by molar-refractivity contribution is 0.0697. The van der Waals surface area contributed by atoms with Gasteiger partial charge in [-0.2, -0.15) is 0 Å². The van der Waals surface area contributed by atoms with Crippen LogP contribution < -0.4 is 10.6 Å². The average molecular weight is 278 g/mol. The van der Waals surface area contributed by atoms with Gasteiger partial charge >= 0.3 is 12.0 Å². The van der Waals surface area contributed by atoms with Gasteiger partial charge in [-0.05, 0) is 37.0 Å². The zero-order valence-corrected chi connectivity index (χ0v) is 11.1. The number of phenolic OH excluding ortho intramolecular Hbond substituents is 1. The number of rotatable bonds is 6. The van der Waals surface area contributed by atoms with Crippen LogP contribution in [0.5, 0.6) is 5.75 Å². The Morgan fingerprint density at radius 1 is 1.30 bits per heavy atom. The summed E-state index contributed by atoms with van der Waals surface area (Å²) in [6.07, 6.45) is 4.64. The smallest absolute Gasteiger partial charge is 0.337 e. The van der Waals surface area contributed by atoms with Gasteiger partial charge in [0.1, 0.15) is 5.75 Å². The molecule has 108 valence electrons. The summed E-state index contributed by atoms with van der Waals surface area (Å²) in [6, 6.07) is 3.36. The van der Waals surface area contributed by atoms with Crippen LogP contribution >= 0.6 is 0 Å². The number of carboxylic acids is 1. The molecule has 1 aliphatic rings. The summed E-state index contributed by atoms with van der Waals surface area (Å²) >= 11 is 0. The van der Waals surface area contributed by atoms with Crippen molar-refractivity contribution < 1.29 is 19.8 Å². The molecule has 1 aliphatic carbocycles. The van der Waals surface area contributed by atoms with Crippen molar-refractivity contribution in [1.82, 2.24) is 5.32 Å². The summed E-state index contributed by atoms with van der Waals surface area (Å²) in [7, 11) is 0. The molecule has 1 fully saturated rings. The number of phenols is 1. The first-order valence-electron chi connectivity index (χ1n) is 6.67. The molecule has 2 amide bonds. The topological polar surface area (TPSA) is 98.7 Å². The Kier molecular flexibility index (Phi) is 4.45. The Bertz CT molecular complexity index is 512. The van der Waals surface area contributed by atoms with Gasteiger partial charge in [0.05, 0.1) is 11.3 Å². The monoisotopic (exact) mass is 278 g/mol. The highest BCUT2D eigenvalue weighted by molar-refractivity contribution is 6.00. The number of amides is 2. The van der Waals surface area contributed by atoms with Crippen LogP contribution in [0.2, 0.25) is 0 Å². The number of urea groups is 1. The zero-order valence-electron chi connectivity index (χ0n) is 11.1. The van der Waals surface area contributed by atoms with Crippen LogP contribution in [0.25, 0.3) is 0 Å². The van der Waals surface area contributed by atoms with E-state index in [1.165, 1.54) is 25.0 Å². The van der Waals surface area contributed by atoms with Crippen molar-refractivity contribution in [3.05, 3.63) is 23.8 Å².